The van der Waals surface area contributed by atoms with Crippen LogP contribution in [0.3, 0.4) is 0 Å². The summed E-state index contributed by atoms with van der Waals surface area (Å²) in [7, 11) is 1.72. The van der Waals surface area contributed by atoms with E-state index < -0.39 is 0 Å². The molecule has 29 heavy (non-hydrogen) atoms. The molecule has 0 spiro atoms. The summed E-state index contributed by atoms with van der Waals surface area (Å²) in [6.07, 6.45) is 9.89. The van der Waals surface area contributed by atoms with Gasteiger partial charge in [-0.15, -0.1) is 0 Å². The number of rotatable bonds is 8. The third-order valence-corrected chi connectivity index (χ3v) is 6.88. The van der Waals surface area contributed by atoms with Crippen molar-refractivity contribution in [1.29, 1.82) is 0 Å². The van der Waals surface area contributed by atoms with Crippen LogP contribution in [0.15, 0.2) is 30.5 Å². The number of fused-ring (bicyclic) bond motifs is 2. The Morgan fingerprint density at radius 1 is 1.21 bits per heavy atom. The zero-order chi connectivity index (χ0) is 20.1. The molecule has 0 bridgehead atoms. The fraction of sp³-hybridized carbons (Fsp3) is 0.625. The van der Waals surface area contributed by atoms with Crippen LogP contribution < -0.4 is 0 Å². The highest BCUT2D eigenvalue weighted by Crippen LogP contribution is 2.31. The largest absolute Gasteiger partial charge is 0.383 e. The van der Waals surface area contributed by atoms with E-state index in [1.165, 1.54) is 56.1 Å². The van der Waals surface area contributed by atoms with Crippen molar-refractivity contribution in [2.45, 2.75) is 51.0 Å². The quantitative estimate of drug-likeness (QED) is 0.736. The number of hydrogen-bond acceptors (Lipinski definition) is 3. The molecule has 2 aromatic rings. The van der Waals surface area contributed by atoms with Gasteiger partial charge in [0, 0.05) is 49.8 Å². The number of ether oxygens (including phenoxy) is 1. The monoisotopic (exact) mass is 397 g/mol. The molecule has 0 aliphatic carbocycles. The average Bonchev–Trinajstić information content (AvgIpc) is 3.18. The number of amides is 1. The van der Waals surface area contributed by atoms with E-state index >= 15 is 0 Å². The first-order chi connectivity index (χ1) is 14.3. The fourth-order valence-corrected chi connectivity index (χ4v) is 5.33. The predicted molar refractivity (Wildman–Crippen MR) is 117 cm³/mol. The first kappa shape index (κ1) is 20.4. The van der Waals surface area contributed by atoms with Crippen LogP contribution in [0.2, 0.25) is 0 Å². The molecule has 0 unspecified atom stereocenters. The molecule has 0 radical (unpaired) electrons. The van der Waals surface area contributed by atoms with Gasteiger partial charge in [-0.25, -0.2) is 0 Å². The Kier molecular flexibility index (Phi) is 6.88. The summed E-state index contributed by atoms with van der Waals surface area (Å²) >= 11 is 0. The second-order valence-corrected chi connectivity index (χ2v) is 8.69. The Balaban J connectivity index is 1.39. The van der Waals surface area contributed by atoms with E-state index in [0.29, 0.717) is 31.5 Å². The number of nitrogens with one attached hydrogen (secondary N) is 1. The van der Waals surface area contributed by atoms with Gasteiger partial charge >= 0.3 is 0 Å². The van der Waals surface area contributed by atoms with Gasteiger partial charge in [0.05, 0.1) is 6.61 Å². The van der Waals surface area contributed by atoms with Crippen molar-refractivity contribution in [3.05, 3.63) is 36.0 Å². The van der Waals surface area contributed by atoms with E-state index in [4.69, 9.17) is 4.74 Å². The van der Waals surface area contributed by atoms with Crippen molar-refractivity contribution >= 4 is 16.8 Å². The van der Waals surface area contributed by atoms with E-state index in [9.17, 15) is 4.79 Å². The molecule has 2 fully saturated rings. The number of carbonyl (C=O) groups is 1. The fourth-order valence-electron chi connectivity index (χ4n) is 5.33. The summed E-state index contributed by atoms with van der Waals surface area (Å²) in [5.74, 6) is 0.873. The molecule has 2 aliphatic heterocycles. The molecule has 1 N–H and O–H groups in total. The number of aryl methyl sites for hydroxylation is 1. The molecule has 2 aliphatic rings. The first-order valence-corrected chi connectivity index (χ1v) is 11.3. The Morgan fingerprint density at radius 3 is 2.97 bits per heavy atom. The van der Waals surface area contributed by atoms with Gasteiger partial charge in [0.25, 0.3) is 0 Å². The number of aromatic amines is 1. The third kappa shape index (κ3) is 4.84. The van der Waals surface area contributed by atoms with Crippen LogP contribution in [-0.2, 0) is 16.0 Å². The molecule has 1 aromatic carbocycles. The molecule has 2 saturated heterocycles. The van der Waals surface area contributed by atoms with Crippen LogP contribution in [-0.4, -0.2) is 66.6 Å². The first-order valence-electron chi connectivity index (χ1n) is 11.3. The van der Waals surface area contributed by atoms with Crippen molar-refractivity contribution in [3.63, 3.8) is 0 Å². The maximum absolute atomic E-state index is 13.2. The lowest BCUT2D eigenvalue weighted by Crippen LogP contribution is -2.52. The molecule has 4 rings (SSSR count). The average molecular weight is 398 g/mol. The molecule has 158 valence electrons. The zero-order valence-electron chi connectivity index (χ0n) is 17.7. The van der Waals surface area contributed by atoms with Crippen molar-refractivity contribution < 1.29 is 9.53 Å². The summed E-state index contributed by atoms with van der Waals surface area (Å²) in [6.45, 7) is 4.69. The van der Waals surface area contributed by atoms with E-state index in [-0.39, 0.29) is 5.91 Å². The van der Waals surface area contributed by atoms with Gasteiger partial charge < -0.3 is 19.5 Å². The summed E-state index contributed by atoms with van der Waals surface area (Å²) in [5, 5.41) is 1.23. The number of carbonyl (C=O) groups excluding carboxylic acids is 1. The molecule has 5 heteroatoms. The Labute approximate surface area is 174 Å². The highest BCUT2D eigenvalue weighted by molar-refractivity contribution is 5.84. The SMILES string of the molecule is COCCN(C[C@@H]1CCCN2CCCC[C@H]12)C(=O)CCc1c[nH]c2ccccc12. The second kappa shape index (κ2) is 9.77. The summed E-state index contributed by atoms with van der Waals surface area (Å²) in [6, 6.07) is 8.99. The predicted octanol–water partition coefficient (Wildman–Crippen LogP) is 3.84. The van der Waals surface area contributed by atoms with Gasteiger partial charge in [-0.1, -0.05) is 24.6 Å². The van der Waals surface area contributed by atoms with Gasteiger partial charge in [0.2, 0.25) is 5.91 Å². The van der Waals surface area contributed by atoms with Crippen LogP contribution in [0, 0.1) is 5.92 Å². The summed E-state index contributed by atoms with van der Waals surface area (Å²) in [5.41, 5.74) is 2.38. The Bertz CT molecular complexity index is 800. The van der Waals surface area contributed by atoms with E-state index in [2.05, 4.69) is 39.2 Å². The van der Waals surface area contributed by atoms with Gasteiger partial charge in [-0.05, 0) is 62.7 Å². The molecular formula is C24H35N3O2. The topological polar surface area (TPSA) is 48.6 Å². The Morgan fingerprint density at radius 2 is 2.07 bits per heavy atom. The molecule has 1 aromatic heterocycles. The van der Waals surface area contributed by atoms with Gasteiger partial charge in [-0.2, -0.15) is 0 Å². The van der Waals surface area contributed by atoms with E-state index in [0.717, 1.165) is 18.5 Å². The van der Waals surface area contributed by atoms with Gasteiger partial charge in [0.15, 0.2) is 0 Å². The van der Waals surface area contributed by atoms with Crippen molar-refractivity contribution in [2.24, 2.45) is 5.92 Å². The normalized spacial score (nSPS) is 22.5. The summed E-state index contributed by atoms with van der Waals surface area (Å²) in [4.78, 5) is 21.3. The molecule has 2 atom stereocenters. The number of hydrogen-bond donors (Lipinski definition) is 1. The highest BCUT2D eigenvalue weighted by atomic mass is 16.5. The number of methoxy groups -OCH3 is 1. The molecule has 0 saturated carbocycles. The van der Waals surface area contributed by atoms with Gasteiger partial charge in [-0.3, -0.25) is 4.79 Å². The second-order valence-electron chi connectivity index (χ2n) is 8.69. The smallest absolute Gasteiger partial charge is 0.222 e. The zero-order valence-corrected chi connectivity index (χ0v) is 17.7. The molecule has 5 nitrogen and oxygen atoms in total. The maximum atomic E-state index is 13.2. The van der Waals surface area contributed by atoms with Crippen LogP contribution in [0.4, 0.5) is 0 Å². The number of H-pyrrole nitrogens is 1. The minimum absolute atomic E-state index is 0.264. The van der Waals surface area contributed by atoms with Crippen molar-refractivity contribution in [3.8, 4) is 0 Å². The van der Waals surface area contributed by atoms with E-state index in [1.54, 1.807) is 7.11 Å². The van der Waals surface area contributed by atoms with Crippen molar-refractivity contribution in [1.82, 2.24) is 14.8 Å². The lowest BCUT2D eigenvalue weighted by Gasteiger charge is -2.45. The minimum atomic E-state index is 0.264. The minimum Gasteiger partial charge on any atom is -0.383 e. The lowest BCUT2D eigenvalue weighted by atomic mass is 9.83. The van der Waals surface area contributed by atoms with E-state index in [1.807, 2.05) is 6.07 Å². The molecule has 3 heterocycles. The standard InChI is InChI=1S/C24H35N3O2/c1-29-16-15-27(18-20-7-6-14-26-13-5-4-10-23(20)26)24(28)12-11-19-17-25-22-9-3-2-8-21(19)22/h2-3,8-9,17,20,23,25H,4-7,10-16,18H2,1H3/t20-,23+/m0/s1. The molecular weight excluding hydrogens is 362 g/mol. The third-order valence-electron chi connectivity index (χ3n) is 6.88. The van der Waals surface area contributed by atoms with Crippen molar-refractivity contribution in [2.75, 3.05) is 39.9 Å². The van der Waals surface area contributed by atoms with Crippen LogP contribution in [0.5, 0.6) is 0 Å². The number of para-hydroxylation sites is 1. The molecule has 1 amide bonds. The highest BCUT2D eigenvalue weighted by Gasteiger charge is 2.34. The maximum Gasteiger partial charge on any atom is 0.222 e. The van der Waals surface area contributed by atoms with Crippen LogP contribution in [0.25, 0.3) is 10.9 Å². The van der Waals surface area contributed by atoms with Gasteiger partial charge in [0.1, 0.15) is 0 Å². The number of nitrogens with zero attached hydrogens (tertiary/aromatic N) is 2. The number of aromatic nitrogens is 1. The van der Waals surface area contributed by atoms with Crippen LogP contribution in [0.1, 0.15) is 44.1 Å². The lowest BCUT2D eigenvalue weighted by molar-refractivity contribution is -0.133. The summed E-state index contributed by atoms with van der Waals surface area (Å²) < 4.78 is 5.32. The Hall–Kier alpha value is -1.85. The number of piperidine rings is 2. The van der Waals surface area contributed by atoms with Crippen LogP contribution >= 0.6 is 0 Å². The number of benzene rings is 1.